The molecule has 0 radical (unpaired) electrons. The van der Waals surface area contributed by atoms with Crippen molar-refractivity contribution in [3.63, 3.8) is 0 Å². The van der Waals surface area contributed by atoms with Crippen molar-refractivity contribution in [1.82, 2.24) is 4.90 Å². The lowest BCUT2D eigenvalue weighted by molar-refractivity contribution is -0.122. The monoisotopic (exact) mass is 396 g/mol. The van der Waals surface area contributed by atoms with E-state index in [1.807, 2.05) is 36.1 Å². The highest BCUT2D eigenvalue weighted by molar-refractivity contribution is 7.85. The Morgan fingerprint density at radius 1 is 1.23 bits per heavy atom. The highest BCUT2D eigenvalue weighted by Crippen LogP contribution is 2.36. The van der Waals surface area contributed by atoms with Crippen molar-refractivity contribution in [3.05, 3.63) is 41.3 Å². The molecule has 2 aliphatic heterocycles. The number of hydrogen-bond acceptors (Lipinski definition) is 6. The summed E-state index contributed by atoms with van der Waals surface area (Å²) in [6, 6.07) is 7.77. The number of carbonyl (C=O) groups is 1. The van der Waals surface area contributed by atoms with Gasteiger partial charge < -0.3 is 9.64 Å². The lowest BCUT2D eigenvalue weighted by Crippen LogP contribution is -2.33. The molecule has 0 saturated carbocycles. The third kappa shape index (κ3) is 3.74. The van der Waals surface area contributed by atoms with E-state index in [9.17, 15) is 13.2 Å². The molecule has 1 saturated heterocycles. The van der Waals surface area contributed by atoms with Gasteiger partial charge in [0.1, 0.15) is 0 Å². The number of thiocarbonyl (C=S) groups is 1. The van der Waals surface area contributed by atoms with Gasteiger partial charge in [-0.2, -0.15) is 8.42 Å². The number of carbonyl (C=O) groups excluding carboxylic acids is 1. The Morgan fingerprint density at radius 3 is 2.62 bits per heavy atom. The lowest BCUT2D eigenvalue weighted by atomic mass is 9.98. The minimum Gasteiger partial charge on any atom is -0.424 e. The first-order chi connectivity index (χ1) is 12.3. The summed E-state index contributed by atoms with van der Waals surface area (Å²) in [4.78, 5) is 15.9. The van der Waals surface area contributed by atoms with Gasteiger partial charge in [0, 0.05) is 18.8 Å². The Kier molecular flexibility index (Phi) is 5.31. The molecule has 2 aliphatic rings. The molecule has 0 spiro atoms. The first-order valence-corrected chi connectivity index (χ1v) is 10.4. The van der Waals surface area contributed by atoms with E-state index in [1.54, 1.807) is 0 Å². The maximum atomic E-state index is 12.6. The standard InChI is InChI=1S/C17H20N2O5S2/c1-2-18-16(20)15(24-17(18)25)14-9-8-12-6-3-4-7-13(12)19(14)10-5-11-26(21,22)23/h3-4,6-7H,2,5,8-11H2,1H3,(H,21,22,23). The number of anilines is 1. The van der Waals surface area contributed by atoms with Crippen LogP contribution in [0.2, 0.25) is 0 Å². The van der Waals surface area contributed by atoms with Crippen molar-refractivity contribution < 1.29 is 22.5 Å². The largest absolute Gasteiger partial charge is 0.424 e. The Morgan fingerprint density at radius 2 is 1.96 bits per heavy atom. The molecule has 1 fully saturated rings. The molecule has 1 aromatic carbocycles. The van der Waals surface area contributed by atoms with Crippen LogP contribution in [0.5, 0.6) is 0 Å². The zero-order valence-corrected chi connectivity index (χ0v) is 16.0. The third-order valence-corrected chi connectivity index (χ3v) is 5.56. The SMILES string of the molecule is CCN1C(=O)C(=C2CCc3ccccc3N2CCCS(=O)(=O)O)OC1=S. The highest BCUT2D eigenvalue weighted by atomic mass is 32.2. The van der Waals surface area contributed by atoms with Crippen molar-refractivity contribution in [2.24, 2.45) is 0 Å². The molecule has 26 heavy (non-hydrogen) atoms. The van der Waals surface area contributed by atoms with Crippen molar-refractivity contribution in [1.29, 1.82) is 0 Å². The number of fused-ring (bicyclic) bond motifs is 1. The Hall–Kier alpha value is -1.97. The maximum absolute atomic E-state index is 12.6. The normalized spacial score (nSPS) is 20.4. The number of hydrogen-bond donors (Lipinski definition) is 1. The molecule has 2 heterocycles. The van der Waals surface area contributed by atoms with Crippen LogP contribution in [0.25, 0.3) is 0 Å². The van der Waals surface area contributed by atoms with E-state index in [0.29, 0.717) is 25.2 Å². The van der Waals surface area contributed by atoms with Crippen LogP contribution in [0.1, 0.15) is 25.3 Å². The van der Waals surface area contributed by atoms with Crippen molar-refractivity contribution in [2.45, 2.75) is 26.2 Å². The van der Waals surface area contributed by atoms with Gasteiger partial charge >= 0.3 is 0 Å². The molecule has 1 N–H and O–H groups in total. The summed E-state index contributed by atoms with van der Waals surface area (Å²) < 4.78 is 36.7. The second-order valence-corrected chi connectivity index (χ2v) is 8.03. The third-order valence-electron chi connectivity index (χ3n) is 4.45. The summed E-state index contributed by atoms with van der Waals surface area (Å²) in [7, 11) is -4.04. The van der Waals surface area contributed by atoms with Crippen LogP contribution < -0.4 is 4.90 Å². The number of amides is 1. The van der Waals surface area contributed by atoms with Crippen molar-refractivity contribution in [2.75, 3.05) is 23.7 Å². The first kappa shape index (κ1) is 18.8. The van der Waals surface area contributed by atoms with E-state index in [2.05, 4.69) is 0 Å². The first-order valence-electron chi connectivity index (χ1n) is 8.39. The van der Waals surface area contributed by atoms with Crippen LogP contribution in [0.15, 0.2) is 35.7 Å². The zero-order valence-electron chi connectivity index (χ0n) is 14.3. The van der Waals surface area contributed by atoms with Gasteiger partial charge in [-0.3, -0.25) is 14.2 Å². The van der Waals surface area contributed by atoms with Crippen LogP contribution in [-0.4, -0.2) is 47.8 Å². The van der Waals surface area contributed by atoms with Crippen LogP contribution >= 0.6 is 12.2 Å². The second-order valence-electron chi connectivity index (χ2n) is 6.11. The number of aryl methyl sites for hydroxylation is 1. The molecule has 0 unspecified atom stereocenters. The molecule has 0 aromatic heterocycles. The van der Waals surface area contributed by atoms with Gasteiger partial charge in [0.2, 0.25) is 5.76 Å². The highest BCUT2D eigenvalue weighted by Gasteiger charge is 2.37. The van der Waals surface area contributed by atoms with Gasteiger partial charge in [-0.1, -0.05) is 18.2 Å². The molecule has 3 rings (SSSR count). The average molecular weight is 396 g/mol. The summed E-state index contributed by atoms with van der Waals surface area (Å²) >= 11 is 5.13. The molecule has 0 bridgehead atoms. The number of rotatable bonds is 5. The molecule has 140 valence electrons. The van der Waals surface area contributed by atoms with E-state index in [0.717, 1.165) is 17.7 Å². The van der Waals surface area contributed by atoms with Crippen LogP contribution in [-0.2, 0) is 26.1 Å². The molecule has 9 heteroatoms. The van der Waals surface area contributed by atoms with Crippen LogP contribution in [0.3, 0.4) is 0 Å². The second kappa shape index (κ2) is 7.34. The summed E-state index contributed by atoms with van der Waals surface area (Å²) in [5, 5.41) is 0.136. The fourth-order valence-corrected chi connectivity index (χ4v) is 4.05. The predicted octanol–water partition coefficient (Wildman–Crippen LogP) is 2.09. The molecular formula is C17H20N2O5S2. The average Bonchev–Trinajstić information content (AvgIpc) is 2.87. The summed E-state index contributed by atoms with van der Waals surface area (Å²) in [5.41, 5.74) is 2.72. The quantitative estimate of drug-likeness (QED) is 0.463. The number of nitrogens with zero attached hydrogens (tertiary/aromatic N) is 2. The smallest absolute Gasteiger partial charge is 0.298 e. The Labute approximate surface area is 158 Å². The number of benzene rings is 1. The van der Waals surface area contributed by atoms with Crippen molar-refractivity contribution in [3.8, 4) is 0 Å². The molecule has 0 aliphatic carbocycles. The number of ether oxygens (including phenoxy) is 1. The van der Waals surface area contributed by atoms with E-state index in [1.165, 1.54) is 4.90 Å². The van der Waals surface area contributed by atoms with E-state index in [4.69, 9.17) is 21.5 Å². The van der Waals surface area contributed by atoms with Crippen LogP contribution in [0, 0.1) is 0 Å². The molecule has 1 aromatic rings. The van der Waals surface area contributed by atoms with Gasteiger partial charge in [-0.15, -0.1) is 0 Å². The predicted molar refractivity (Wildman–Crippen MR) is 101 cm³/mol. The number of likely N-dealkylation sites (N-methyl/N-ethyl adjacent to an activating group) is 1. The van der Waals surface area contributed by atoms with Crippen molar-refractivity contribution >= 4 is 39.1 Å². The lowest BCUT2D eigenvalue weighted by Gasteiger charge is -2.34. The fraction of sp³-hybridized carbons (Fsp3) is 0.412. The minimum absolute atomic E-state index is 0.136. The zero-order chi connectivity index (χ0) is 18.9. The van der Waals surface area contributed by atoms with Gasteiger partial charge in [0.25, 0.3) is 21.2 Å². The van der Waals surface area contributed by atoms with Gasteiger partial charge in [0.15, 0.2) is 0 Å². The van der Waals surface area contributed by atoms with E-state index in [-0.39, 0.29) is 29.0 Å². The summed E-state index contributed by atoms with van der Waals surface area (Å²) in [6.07, 6.45) is 1.56. The summed E-state index contributed by atoms with van der Waals surface area (Å²) in [6.45, 7) is 2.58. The topological polar surface area (TPSA) is 87.2 Å². The molecule has 7 nitrogen and oxygen atoms in total. The molecular weight excluding hydrogens is 376 g/mol. The number of para-hydroxylation sites is 1. The maximum Gasteiger partial charge on any atom is 0.298 e. The Bertz CT molecular complexity index is 879. The number of allylic oxidation sites excluding steroid dienone is 1. The molecule has 0 atom stereocenters. The summed E-state index contributed by atoms with van der Waals surface area (Å²) in [5.74, 6) is -0.410. The van der Waals surface area contributed by atoms with Crippen LogP contribution in [0.4, 0.5) is 5.69 Å². The molecule has 1 amide bonds. The fourth-order valence-electron chi connectivity index (χ4n) is 3.26. The van der Waals surface area contributed by atoms with E-state index >= 15 is 0 Å². The Balaban J connectivity index is 1.97. The minimum atomic E-state index is -4.04. The van der Waals surface area contributed by atoms with Gasteiger partial charge in [-0.25, -0.2) is 0 Å². The van der Waals surface area contributed by atoms with E-state index < -0.39 is 10.1 Å². The van der Waals surface area contributed by atoms with Gasteiger partial charge in [-0.05, 0) is 50.0 Å². The van der Waals surface area contributed by atoms with Gasteiger partial charge in [0.05, 0.1) is 11.4 Å².